The number of ether oxygens (including phenoxy) is 3. The number of hydrogen-bond acceptors (Lipinski definition) is 5. The fourth-order valence-electron chi connectivity index (χ4n) is 2.41. The minimum absolute atomic E-state index is 0.221. The van der Waals surface area contributed by atoms with Crippen molar-refractivity contribution in [3.8, 4) is 0 Å². The second kappa shape index (κ2) is 6.35. The molecule has 1 heterocycles. The molecule has 20 heavy (non-hydrogen) atoms. The summed E-state index contributed by atoms with van der Waals surface area (Å²) in [5, 5.41) is 9.61. The van der Waals surface area contributed by atoms with Crippen LogP contribution in [-0.4, -0.2) is 37.2 Å². The third-order valence-electron chi connectivity index (χ3n) is 3.66. The SMILES string of the molecule is COC(=O)C1(C)CC(O)OC1COCc1ccccc1. The number of benzene rings is 1. The van der Waals surface area contributed by atoms with E-state index in [0.29, 0.717) is 6.61 Å². The highest BCUT2D eigenvalue weighted by Crippen LogP contribution is 2.38. The summed E-state index contributed by atoms with van der Waals surface area (Å²) in [6.07, 6.45) is -1.24. The molecule has 0 spiro atoms. The first-order valence-corrected chi connectivity index (χ1v) is 6.60. The van der Waals surface area contributed by atoms with Crippen LogP contribution >= 0.6 is 0 Å². The molecular formula is C15H20O5. The van der Waals surface area contributed by atoms with Crippen LogP contribution in [0.25, 0.3) is 0 Å². The van der Waals surface area contributed by atoms with Gasteiger partial charge in [0, 0.05) is 6.42 Å². The largest absolute Gasteiger partial charge is 0.469 e. The number of carbonyl (C=O) groups is 1. The summed E-state index contributed by atoms with van der Waals surface area (Å²) >= 11 is 0. The first-order chi connectivity index (χ1) is 9.56. The van der Waals surface area contributed by atoms with Crippen LogP contribution in [0.2, 0.25) is 0 Å². The van der Waals surface area contributed by atoms with Crippen molar-refractivity contribution in [3.05, 3.63) is 35.9 Å². The molecule has 0 amide bonds. The first-order valence-electron chi connectivity index (χ1n) is 6.60. The second-order valence-corrected chi connectivity index (χ2v) is 5.19. The Kier molecular flexibility index (Phi) is 4.75. The molecule has 0 saturated carbocycles. The molecule has 1 aromatic rings. The average molecular weight is 280 g/mol. The summed E-state index contributed by atoms with van der Waals surface area (Å²) in [7, 11) is 1.33. The van der Waals surface area contributed by atoms with Gasteiger partial charge in [0.25, 0.3) is 0 Å². The lowest BCUT2D eigenvalue weighted by Gasteiger charge is -2.26. The van der Waals surface area contributed by atoms with Crippen LogP contribution < -0.4 is 0 Å². The topological polar surface area (TPSA) is 65.0 Å². The third kappa shape index (κ3) is 3.17. The molecule has 1 aliphatic heterocycles. The van der Waals surface area contributed by atoms with E-state index in [1.807, 2.05) is 30.3 Å². The van der Waals surface area contributed by atoms with Crippen molar-refractivity contribution in [2.24, 2.45) is 5.41 Å². The highest BCUT2D eigenvalue weighted by molar-refractivity contribution is 5.77. The molecule has 3 atom stereocenters. The molecule has 2 rings (SSSR count). The maximum Gasteiger partial charge on any atom is 0.314 e. The molecule has 0 aromatic heterocycles. The number of aliphatic hydroxyl groups excluding tert-OH is 1. The van der Waals surface area contributed by atoms with Gasteiger partial charge in [0.2, 0.25) is 0 Å². The van der Waals surface area contributed by atoms with Gasteiger partial charge in [-0.05, 0) is 12.5 Å². The highest BCUT2D eigenvalue weighted by Gasteiger charge is 2.51. The quantitative estimate of drug-likeness (QED) is 0.828. The van der Waals surface area contributed by atoms with E-state index in [1.54, 1.807) is 6.92 Å². The number of esters is 1. The van der Waals surface area contributed by atoms with E-state index in [-0.39, 0.29) is 19.0 Å². The molecule has 110 valence electrons. The maximum atomic E-state index is 11.9. The van der Waals surface area contributed by atoms with E-state index in [0.717, 1.165) is 5.56 Å². The van der Waals surface area contributed by atoms with Crippen LogP contribution in [0, 0.1) is 5.41 Å². The first kappa shape index (κ1) is 15.0. The van der Waals surface area contributed by atoms with Gasteiger partial charge in [-0.1, -0.05) is 30.3 Å². The number of methoxy groups -OCH3 is 1. The monoisotopic (exact) mass is 280 g/mol. The van der Waals surface area contributed by atoms with Gasteiger partial charge in [0.05, 0.1) is 31.8 Å². The summed E-state index contributed by atoms with van der Waals surface area (Å²) < 4.78 is 15.8. The number of carbonyl (C=O) groups excluding carboxylic acids is 1. The lowest BCUT2D eigenvalue weighted by atomic mass is 9.83. The second-order valence-electron chi connectivity index (χ2n) is 5.19. The van der Waals surface area contributed by atoms with Crippen molar-refractivity contribution >= 4 is 5.97 Å². The van der Waals surface area contributed by atoms with Crippen LogP contribution in [0.1, 0.15) is 18.9 Å². The van der Waals surface area contributed by atoms with E-state index in [1.165, 1.54) is 7.11 Å². The summed E-state index contributed by atoms with van der Waals surface area (Å²) in [5.41, 5.74) is 0.177. The van der Waals surface area contributed by atoms with Crippen molar-refractivity contribution in [3.63, 3.8) is 0 Å². The number of aliphatic hydroxyl groups is 1. The Balaban J connectivity index is 1.92. The fourth-order valence-corrected chi connectivity index (χ4v) is 2.41. The minimum Gasteiger partial charge on any atom is -0.469 e. The Labute approximate surface area is 118 Å². The van der Waals surface area contributed by atoms with Gasteiger partial charge in [-0.15, -0.1) is 0 Å². The van der Waals surface area contributed by atoms with Crippen LogP contribution in [0.5, 0.6) is 0 Å². The summed E-state index contributed by atoms with van der Waals surface area (Å²) in [4.78, 5) is 11.9. The summed E-state index contributed by atoms with van der Waals surface area (Å²) in [5.74, 6) is -0.387. The molecule has 1 fully saturated rings. The van der Waals surface area contributed by atoms with Gasteiger partial charge in [0.1, 0.15) is 0 Å². The zero-order chi connectivity index (χ0) is 14.6. The molecular weight excluding hydrogens is 260 g/mol. The van der Waals surface area contributed by atoms with Crippen molar-refractivity contribution in [1.82, 2.24) is 0 Å². The Morgan fingerprint density at radius 2 is 2.15 bits per heavy atom. The molecule has 1 aromatic carbocycles. The molecule has 3 unspecified atom stereocenters. The van der Waals surface area contributed by atoms with Gasteiger partial charge in [-0.2, -0.15) is 0 Å². The van der Waals surface area contributed by atoms with Crippen molar-refractivity contribution in [1.29, 1.82) is 0 Å². The zero-order valence-electron chi connectivity index (χ0n) is 11.7. The standard InChI is InChI=1S/C15H20O5/c1-15(14(17)18-2)8-13(16)20-12(15)10-19-9-11-6-4-3-5-7-11/h3-7,12-13,16H,8-10H2,1-2H3. The van der Waals surface area contributed by atoms with Gasteiger partial charge in [-0.3, -0.25) is 4.79 Å². The van der Waals surface area contributed by atoms with Crippen LogP contribution in [0.3, 0.4) is 0 Å². The highest BCUT2D eigenvalue weighted by atomic mass is 16.6. The number of rotatable bonds is 5. The minimum atomic E-state index is -0.954. The smallest absolute Gasteiger partial charge is 0.314 e. The fraction of sp³-hybridized carbons (Fsp3) is 0.533. The van der Waals surface area contributed by atoms with Crippen molar-refractivity contribution in [2.45, 2.75) is 32.3 Å². The molecule has 5 heteroatoms. The van der Waals surface area contributed by atoms with Crippen LogP contribution in [-0.2, 0) is 25.6 Å². The summed E-state index contributed by atoms with van der Waals surface area (Å²) in [6, 6.07) is 9.74. The molecule has 1 N–H and O–H groups in total. The lowest BCUT2D eigenvalue weighted by molar-refractivity contribution is -0.159. The Hall–Kier alpha value is -1.43. The molecule has 0 aliphatic carbocycles. The van der Waals surface area contributed by atoms with Crippen molar-refractivity contribution in [2.75, 3.05) is 13.7 Å². The Morgan fingerprint density at radius 3 is 2.80 bits per heavy atom. The Morgan fingerprint density at radius 1 is 1.45 bits per heavy atom. The van der Waals surface area contributed by atoms with Crippen LogP contribution in [0.4, 0.5) is 0 Å². The molecule has 5 nitrogen and oxygen atoms in total. The van der Waals surface area contributed by atoms with Gasteiger partial charge in [0.15, 0.2) is 6.29 Å². The molecule has 0 radical (unpaired) electrons. The average Bonchev–Trinajstić information content (AvgIpc) is 2.75. The molecule has 0 bridgehead atoms. The normalized spacial score (nSPS) is 29.4. The summed E-state index contributed by atoms with van der Waals surface area (Å²) in [6.45, 7) is 2.40. The van der Waals surface area contributed by atoms with Crippen LogP contribution in [0.15, 0.2) is 30.3 Å². The predicted octanol–water partition coefficient (Wildman–Crippen LogP) is 1.49. The predicted molar refractivity (Wildman–Crippen MR) is 71.7 cm³/mol. The zero-order valence-corrected chi connectivity index (χ0v) is 11.7. The van der Waals surface area contributed by atoms with Gasteiger partial charge in [-0.25, -0.2) is 0 Å². The molecule has 1 saturated heterocycles. The lowest BCUT2D eigenvalue weighted by Crippen LogP contribution is -2.39. The maximum absolute atomic E-state index is 11.9. The van der Waals surface area contributed by atoms with E-state index in [4.69, 9.17) is 14.2 Å². The van der Waals surface area contributed by atoms with Gasteiger partial charge >= 0.3 is 5.97 Å². The van der Waals surface area contributed by atoms with E-state index in [2.05, 4.69) is 0 Å². The van der Waals surface area contributed by atoms with E-state index >= 15 is 0 Å². The molecule has 1 aliphatic rings. The number of hydrogen-bond donors (Lipinski definition) is 1. The van der Waals surface area contributed by atoms with Gasteiger partial charge < -0.3 is 19.3 Å². The van der Waals surface area contributed by atoms with E-state index in [9.17, 15) is 9.90 Å². The Bertz CT molecular complexity index is 447. The third-order valence-corrected chi connectivity index (χ3v) is 3.66. The van der Waals surface area contributed by atoms with E-state index < -0.39 is 17.8 Å². The van der Waals surface area contributed by atoms with Crippen molar-refractivity contribution < 1.29 is 24.1 Å².